The Labute approximate surface area is 191 Å². The highest BCUT2D eigenvalue weighted by Crippen LogP contribution is 2.34. The maximum Gasteiger partial charge on any atom is 0.417 e. The number of aliphatic hydroxyl groups is 1. The number of benzene rings is 3. The van der Waals surface area contributed by atoms with E-state index < -0.39 is 35.1 Å². The standard InChI is InChI=1S/C25H17F4N3O2/c26-23-18(15-4-2-1-3-5-15)8-9-21-19(23)10-11-32(21)14-22(33)24(34)31-17-7-6-16(13-30)20(12-17)25(27,28)29/h1-12,22,33H,14H2,(H,31,34)/t22-/m0/s1. The summed E-state index contributed by atoms with van der Waals surface area (Å²) in [6.07, 6.45) is -4.89. The van der Waals surface area contributed by atoms with Gasteiger partial charge in [0.1, 0.15) is 5.82 Å². The van der Waals surface area contributed by atoms with Crippen LogP contribution in [0.5, 0.6) is 0 Å². The number of fused-ring (bicyclic) bond motifs is 1. The van der Waals surface area contributed by atoms with E-state index in [-0.39, 0.29) is 12.2 Å². The molecule has 4 rings (SSSR count). The third-order valence-corrected chi connectivity index (χ3v) is 5.36. The summed E-state index contributed by atoms with van der Waals surface area (Å²) in [5, 5.41) is 21.7. The van der Waals surface area contributed by atoms with Crippen LogP contribution in [0.1, 0.15) is 11.1 Å². The number of rotatable bonds is 5. The van der Waals surface area contributed by atoms with Crippen molar-refractivity contribution in [1.82, 2.24) is 4.57 Å². The zero-order valence-electron chi connectivity index (χ0n) is 17.5. The summed E-state index contributed by atoms with van der Waals surface area (Å²) < 4.78 is 56.0. The average Bonchev–Trinajstić information content (AvgIpc) is 3.22. The van der Waals surface area contributed by atoms with E-state index in [1.807, 2.05) is 6.07 Å². The van der Waals surface area contributed by atoms with Gasteiger partial charge in [0, 0.05) is 22.8 Å². The fraction of sp³-hybridized carbons (Fsp3) is 0.120. The summed E-state index contributed by atoms with van der Waals surface area (Å²) in [6, 6.07) is 17.9. The lowest BCUT2D eigenvalue weighted by Crippen LogP contribution is -2.31. The van der Waals surface area contributed by atoms with Gasteiger partial charge in [-0.1, -0.05) is 30.3 Å². The summed E-state index contributed by atoms with van der Waals surface area (Å²) in [7, 11) is 0. The van der Waals surface area contributed by atoms with Crippen LogP contribution < -0.4 is 5.32 Å². The lowest BCUT2D eigenvalue weighted by molar-refractivity contribution is -0.137. The molecule has 0 bridgehead atoms. The van der Waals surface area contributed by atoms with Crippen LogP contribution in [0.25, 0.3) is 22.0 Å². The predicted octanol–water partition coefficient (Wildman–Crippen LogP) is 5.34. The Hall–Kier alpha value is -4.16. The van der Waals surface area contributed by atoms with E-state index in [1.54, 1.807) is 36.4 Å². The molecule has 1 atom stereocenters. The lowest BCUT2D eigenvalue weighted by Gasteiger charge is -2.15. The Morgan fingerprint density at radius 1 is 1.09 bits per heavy atom. The topological polar surface area (TPSA) is 78.1 Å². The molecule has 1 aromatic heterocycles. The van der Waals surface area contributed by atoms with Gasteiger partial charge in [-0.05, 0) is 42.0 Å². The molecule has 0 saturated carbocycles. The molecule has 172 valence electrons. The first kappa shape index (κ1) is 23.0. The molecule has 0 saturated heterocycles. The van der Waals surface area contributed by atoms with Gasteiger partial charge in [0.15, 0.2) is 6.10 Å². The molecule has 0 aliphatic carbocycles. The average molecular weight is 467 g/mol. The molecule has 0 unspecified atom stereocenters. The van der Waals surface area contributed by atoms with E-state index in [4.69, 9.17) is 5.26 Å². The van der Waals surface area contributed by atoms with Gasteiger partial charge in [-0.3, -0.25) is 4.79 Å². The Morgan fingerprint density at radius 2 is 1.82 bits per heavy atom. The van der Waals surface area contributed by atoms with Crippen LogP contribution in [0, 0.1) is 17.1 Å². The number of aromatic nitrogens is 1. The Bertz CT molecular complexity index is 1410. The number of nitriles is 1. The molecule has 0 spiro atoms. The molecule has 5 nitrogen and oxygen atoms in total. The quantitative estimate of drug-likeness (QED) is 0.389. The summed E-state index contributed by atoms with van der Waals surface area (Å²) in [4.78, 5) is 12.4. The molecule has 9 heteroatoms. The van der Waals surface area contributed by atoms with Crippen molar-refractivity contribution < 1.29 is 27.5 Å². The van der Waals surface area contributed by atoms with Crippen LogP contribution >= 0.6 is 0 Å². The summed E-state index contributed by atoms with van der Waals surface area (Å²) in [6.45, 7) is -0.248. The molecule has 0 aliphatic heterocycles. The van der Waals surface area contributed by atoms with Gasteiger partial charge in [-0.15, -0.1) is 0 Å². The number of aliphatic hydroxyl groups excluding tert-OH is 1. The molecule has 3 aromatic carbocycles. The summed E-state index contributed by atoms with van der Waals surface area (Å²) >= 11 is 0. The van der Waals surface area contributed by atoms with Crippen molar-refractivity contribution in [2.45, 2.75) is 18.8 Å². The van der Waals surface area contributed by atoms with E-state index in [9.17, 15) is 23.1 Å². The van der Waals surface area contributed by atoms with Crippen molar-refractivity contribution in [3.63, 3.8) is 0 Å². The highest BCUT2D eigenvalue weighted by atomic mass is 19.4. The second kappa shape index (κ2) is 9.00. The molecule has 1 amide bonds. The Balaban J connectivity index is 1.53. The third-order valence-electron chi connectivity index (χ3n) is 5.36. The first-order valence-electron chi connectivity index (χ1n) is 10.1. The maximum atomic E-state index is 15.1. The molecule has 2 N–H and O–H groups in total. The number of carbonyl (C=O) groups is 1. The van der Waals surface area contributed by atoms with E-state index >= 15 is 4.39 Å². The van der Waals surface area contributed by atoms with Crippen molar-refractivity contribution in [2.24, 2.45) is 0 Å². The number of anilines is 1. The monoisotopic (exact) mass is 467 g/mol. The smallest absolute Gasteiger partial charge is 0.381 e. The Morgan fingerprint density at radius 3 is 2.50 bits per heavy atom. The minimum Gasteiger partial charge on any atom is -0.381 e. The zero-order valence-corrected chi connectivity index (χ0v) is 17.5. The van der Waals surface area contributed by atoms with E-state index in [0.29, 0.717) is 28.1 Å². The molecule has 0 radical (unpaired) electrons. The number of nitrogens with zero attached hydrogens (tertiary/aromatic N) is 2. The minimum absolute atomic E-state index is 0.216. The largest absolute Gasteiger partial charge is 0.417 e. The molecular weight excluding hydrogens is 450 g/mol. The highest BCUT2D eigenvalue weighted by molar-refractivity contribution is 5.94. The first-order valence-corrected chi connectivity index (χ1v) is 10.1. The van der Waals surface area contributed by atoms with Crippen LogP contribution in [0.2, 0.25) is 0 Å². The van der Waals surface area contributed by atoms with Gasteiger partial charge in [0.25, 0.3) is 5.91 Å². The second-order valence-corrected chi connectivity index (χ2v) is 7.57. The first-order chi connectivity index (χ1) is 16.2. The molecule has 4 aromatic rings. The van der Waals surface area contributed by atoms with Crippen LogP contribution in [0.3, 0.4) is 0 Å². The van der Waals surface area contributed by atoms with Gasteiger partial charge in [-0.25, -0.2) is 4.39 Å². The normalized spacial score (nSPS) is 12.4. The zero-order chi connectivity index (χ0) is 24.5. The van der Waals surface area contributed by atoms with Crippen LogP contribution in [0.15, 0.2) is 72.9 Å². The number of alkyl halides is 3. The van der Waals surface area contributed by atoms with Crippen molar-refractivity contribution in [1.29, 1.82) is 5.26 Å². The fourth-order valence-electron chi connectivity index (χ4n) is 3.69. The van der Waals surface area contributed by atoms with Gasteiger partial charge >= 0.3 is 6.18 Å². The minimum atomic E-state index is -4.78. The number of halogens is 4. The van der Waals surface area contributed by atoms with Crippen molar-refractivity contribution in [2.75, 3.05) is 5.32 Å². The van der Waals surface area contributed by atoms with Crippen LogP contribution in [-0.4, -0.2) is 21.7 Å². The van der Waals surface area contributed by atoms with Crippen LogP contribution in [-0.2, 0) is 17.5 Å². The molecule has 0 fully saturated rings. The van der Waals surface area contributed by atoms with Gasteiger partial charge < -0.3 is 15.0 Å². The number of hydrogen-bond acceptors (Lipinski definition) is 3. The van der Waals surface area contributed by atoms with E-state index in [0.717, 1.165) is 12.1 Å². The number of carbonyl (C=O) groups excluding carboxylic acids is 1. The van der Waals surface area contributed by atoms with Crippen molar-refractivity contribution in [3.05, 3.63) is 89.9 Å². The predicted molar refractivity (Wildman–Crippen MR) is 118 cm³/mol. The van der Waals surface area contributed by atoms with Gasteiger partial charge in [0.05, 0.1) is 29.3 Å². The number of nitrogens with one attached hydrogen (secondary N) is 1. The Kier molecular flexibility index (Phi) is 6.09. The maximum absolute atomic E-state index is 15.1. The van der Waals surface area contributed by atoms with Crippen molar-refractivity contribution >= 4 is 22.5 Å². The van der Waals surface area contributed by atoms with E-state index in [1.165, 1.54) is 22.9 Å². The van der Waals surface area contributed by atoms with Gasteiger partial charge in [0.2, 0.25) is 0 Å². The molecule has 1 heterocycles. The van der Waals surface area contributed by atoms with Crippen LogP contribution in [0.4, 0.5) is 23.2 Å². The lowest BCUT2D eigenvalue weighted by atomic mass is 10.0. The molecule has 0 aliphatic rings. The fourth-order valence-corrected chi connectivity index (χ4v) is 3.69. The van der Waals surface area contributed by atoms with Gasteiger partial charge in [-0.2, -0.15) is 18.4 Å². The summed E-state index contributed by atoms with van der Waals surface area (Å²) in [5.74, 6) is -1.39. The third kappa shape index (κ3) is 4.49. The molecule has 34 heavy (non-hydrogen) atoms. The van der Waals surface area contributed by atoms with E-state index in [2.05, 4.69) is 5.32 Å². The highest BCUT2D eigenvalue weighted by Gasteiger charge is 2.34. The number of amides is 1. The number of hydrogen-bond donors (Lipinski definition) is 2. The molecular formula is C25H17F4N3O2. The SMILES string of the molecule is N#Cc1ccc(NC(=O)[C@@H](O)Cn2ccc3c(F)c(-c4ccccc4)ccc32)cc1C(F)(F)F. The second-order valence-electron chi connectivity index (χ2n) is 7.57. The summed E-state index contributed by atoms with van der Waals surface area (Å²) in [5.41, 5.74) is -0.432. The van der Waals surface area contributed by atoms with Crippen molar-refractivity contribution in [3.8, 4) is 17.2 Å².